The van der Waals surface area contributed by atoms with Gasteiger partial charge in [0.1, 0.15) is 12.2 Å². The van der Waals surface area contributed by atoms with Crippen molar-refractivity contribution in [1.29, 1.82) is 0 Å². The minimum atomic E-state index is -0.390. The average molecular weight is 471 g/mol. The summed E-state index contributed by atoms with van der Waals surface area (Å²) in [6.45, 7) is 0.701. The first-order valence-electron chi connectivity index (χ1n) is 12.0. The SMILES string of the molecule is O=C(/C=C/C1C=CC=C1)c1ccc(-n2c[n+](Cc3cccc(B4OC=CO4)c3)c3ccccc32)cc1. The van der Waals surface area contributed by atoms with E-state index < -0.39 is 7.12 Å². The number of allylic oxidation sites excluding steroid dienone is 6. The van der Waals surface area contributed by atoms with Crippen LogP contribution >= 0.6 is 0 Å². The Bertz CT molecular complexity index is 1530. The fraction of sp³-hybridized carbons (Fsp3) is 0.0667. The van der Waals surface area contributed by atoms with E-state index in [1.807, 2.05) is 66.8 Å². The van der Waals surface area contributed by atoms with Crippen molar-refractivity contribution in [3.05, 3.63) is 139 Å². The lowest BCUT2D eigenvalue weighted by atomic mass is 9.79. The summed E-state index contributed by atoms with van der Waals surface area (Å²) in [4.78, 5) is 12.6. The Balaban J connectivity index is 1.26. The molecule has 3 aromatic carbocycles. The zero-order chi connectivity index (χ0) is 24.3. The first kappa shape index (κ1) is 21.9. The Morgan fingerprint density at radius 1 is 0.944 bits per heavy atom. The molecule has 1 aliphatic carbocycles. The smallest absolute Gasteiger partial charge is 0.525 e. The van der Waals surface area contributed by atoms with E-state index in [9.17, 15) is 4.79 Å². The Morgan fingerprint density at radius 3 is 2.53 bits per heavy atom. The molecule has 0 spiro atoms. The monoisotopic (exact) mass is 471 g/mol. The van der Waals surface area contributed by atoms with E-state index in [-0.39, 0.29) is 11.7 Å². The molecule has 0 saturated heterocycles. The normalized spacial score (nSPS) is 14.7. The molecule has 2 heterocycles. The predicted molar refractivity (Wildman–Crippen MR) is 141 cm³/mol. The zero-order valence-corrected chi connectivity index (χ0v) is 19.6. The van der Waals surface area contributed by atoms with Gasteiger partial charge in [-0.2, -0.15) is 4.57 Å². The van der Waals surface area contributed by atoms with Crippen molar-refractivity contribution < 1.29 is 18.7 Å². The lowest BCUT2D eigenvalue weighted by molar-refractivity contribution is -0.662. The molecular weight excluding hydrogens is 447 g/mol. The van der Waals surface area contributed by atoms with E-state index in [4.69, 9.17) is 9.31 Å². The van der Waals surface area contributed by atoms with Gasteiger partial charge in [-0.25, -0.2) is 4.57 Å². The van der Waals surface area contributed by atoms with Gasteiger partial charge in [0.05, 0.1) is 12.5 Å². The van der Waals surface area contributed by atoms with Gasteiger partial charge >= 0.3 is 7.12 Å². The van der Waals surface area contributed by atoms with Gasteiger partial charge in [-0.1, -0.05) is 66.8 Å². The van der Waals surface area contributed by atoms with Gasteiger partial charge in [-0.05, 0) is 48.0 Å². The highest BCUT2D eigenvalue weighted by atomic mass is 16.6. The fourth-order valence-corrected chi connectivity index (χ4v) is 4.60. The van der Waals surface area contributed by atoms with Crippen molar-refractivity contribution in [3.8, 4) is 5.69 Å². The lowest BCUT2D eigenvalue weighted by Crippen LogP contribution is -2.35. The average Bonchev–Trinajstić information content (AvgIpc) is 3.70. The Kier molecular flexibility index (Phi) is 5.84. The standard InChI is InChI=1S/C30H24BN2O3/c34-30(17-12-23-6-1-2-7-23)25-13-15-27(16-14-25)33-22-32(28-10-3-4-11-29(28)33)21-24-8-5-9-26(20-24)31-35-18-19-36-31/h1-20,22-23H,21H2/q+1/b17-12+. The van der Waals surface area contributed by atoms with Crippen molar-refractivity contribution in [3.63, 3.8) is 0 Å². The van der Waals surface area contributed by atoms with Crippen LogP contribution in [0.2, 0.25) is 0 Å². The van der Waals surface area contributed by atoms with E-state index in [2.05, 4.69) is 51.9 Å². The van der Waals surface area contributed by atoms with Crippen LogP contribution in [-0.4, -0.2) is 17.5 Å². The molecule has 0 amide bonds. The van der Waals surface area contributed by atoms with Crippen LogP contribution in [0.25, 0.3) is 16.7 Å². The summed E-state index contributed by atoms with van der Waals surface area (Å²) in [6.07, 6.45) is 16.9. The summed E-state index contributed by atoms with van der Waals surface area (Å²) in [5.74, 6) is 0.207. The van der Waals surface area contributed by atoms with Gasteiger partial charge in [0, 0.05) is 16.9 Å². The number of para-hydroxylation sites is 2. The third kappa shape index (κ3) is 4.41. The molecule has 0 saturated carbocycles. The summed E-state index contributed by atoms with van der Waals surface area (Å²) < 4.78 is 15.4. The highest BCUT2D eigenvalue weighted by Gasteiger charge is 2.27. The number of fused-ring (bicyclic) bond motifs is 1. The summed E-state index contributed by atoms with van der Waals surface area (Å²) in [5.41, 5.74) is 6.03. The van der Waals surface area contributed by atoms with E-state index in [0.717, 1.165) is 27.7 Å². The van der Waals surface area contributed by atoms with Crippen molar-refractivity contribution >= 4 is 29.4 Å². The second-order valence-corrected chi connectivity index (χ2v) is 8.84. The zero-order valence-electron chi connectivity index (χ0n) is 19.6. The molecule has 2 aliphatic rings. The number of carbonyl (C=O) groups excluding carboxylic acids is 1. The maximum absolute atomic E-state index is 12.6. The molecule has 6 rings (SSSR count). The second kappa shape index (κ2) is 9.58. The quantitative estimate of drug-likeness (QED) is 0.171. The number of aromatic nitrogens is 2. The summed E-state index contributed by atoms with van der Waals surface area (Å²) >= 11 is 0. The first-order valence-corrected chi connectivity index (χ1v) is 12.0. The molecule has 0 atom stereocenters. The molecule has 174 valence electrons. The van der Waals surface area contributed by atoms with Crippen LogP contribution in [0.15, 0.2) is 128 Å². The van der Waals surface area contributed by atoms with Crippen LogP contribution in [-0.2, 0) is 15.9 Å². The molecule has 0 unspecified atom stereocenters. The third-order valence-corrected chi connectivity index (χ3v) is 6.42. The van der Waals surface area contributed by atoms with Crippen LogP contribution in [0, 0.1) is 5.92 Å². The van der Waals surface area contributed by atoms with Gasteiger partial charge in [0.15, 0.2) is 16.8 Å². The number of nitrogens with zero attached hydrogens (tertiary/aromatic N) is 2. The van der Waals surface area contributed by atoms with Gasteiger partial charge in [-0.3, -0.25) is 4.79 Å². The Hall–Kier alpha value is -4.58. The molecular formula is C30H24BN2O3+. The van der Waals surface area contributed by atoms with Crippen LogP contribution in [0.5, 0.6) is 0 Å². The van der Waals surface area contributed by atoms with E-state index in [1.54, 1.807) is 18.6 Å². The maximum Gasteiger partial charge on any atom is 0.632 e. The van der Waals surface area contributed by atoms with Crippen molar-refractivity contribution in [2.75, 3.05) is 0 Å². The molecule has 0 bridgehead atoms. The van der Waals surface area contributed by atoms with Crippen LogP contribution in [0.4, 0.5) is 0 Å². The Labute approximate surface area is 210 Å². The van der Waals surface area contributed by atoms with E-state index in [1.165, 1.54) is 0 Å². The molecule has 36 heavy (non-hydrogen) atoms. The molecule has 5 nitrogen and oxygen atoms in total. The number of imidazole rings is 1. The third-order valence-electron chi connectivity index (χ3n) is 6.42. The molecule has 6 heteroatoms. The highest BCUT2D eigenvalue weighted by molar-refractivity contribution is 6.62. The second-order valence-electron chi connectivity index (χ2n) is 8.84. The molecule has 1 aliphatic heterocycles. The molecule has 4 aromatic rings. The summed E-state index contributed by atoms with van der Waals surface area (Å²) in [6, 6.07) is 24.3. The Morgan fingerprint density at radius 2 is 1.72 bits per heavy atom. The number of carbonyl (C=O) groups is 1. The number of ketones is 1. The number of hydrogen-bond acceptors (Lipinski definition) is 3. The number of benzene rings is 3. The maximum atomic E-state index is 12.6. The first-order chi connectivity index (χ1) is 17.7. The fourth-order valence-electron chi connectivity index (χ4n) is 4.60. The van der Waals surface area contributed by atoms with Crippen LogP contribution in [0.1, 0.15) is 15.9 Å². The van der Waals surface area contributed by atoms with Gasteiger partial charge in [0.25, 0.3) is 0 Å². The minimum absolute atomic E-state index is 0.00739. The molecule has 0 N–H and O–H groups in total. The van der Waals surface area contributed by atoms with Gasteiger partial charge in [-0.15, -0.1) is 0 Å². The molecule has 1 aromatic heterocycles. The van der Waals surface area contributed by atoms with Crippen molar-refractivity contribution in [2.24, 2.45) is 5.92 Å². The van der Waals surface area contributed by atoms with Crippen molar-refractivity contribution in [1.82, 2.24) is 4.57 Å². The minimum Gasteiger partial charge on any atom is -0.525 e. The van der Waals surface area contributed by atoms with Crippen molar-refractivity contribution in [2.45, 2.75) is 6.54 Å². The van der Waals surface area contributed by atoms with Crippen LogP contribution in [0.3, 0.4) is 0 Å². The number of rotatable bonds is 7. The molecule has 0 fully saturated rings. The summed E-state index contributed by atoms with van der Waals surface area (Å²) in [5, 5.41) is 0. The van der Waals surface area contributed by atoms with Crippen LogP contribution < -0.4 is 10.0 Å². The largest absolute Gasteiger partial charge is 0.632 e. The molecule has 0 radical (unpaired) electrons. The topological polar surface area (TPSA) is 44.3 Å². The highest BCUT2D eigenvalue weighted by Crippen LogP contribution is 2.19. The van der Waals surface area contributed by atoms with Gasteiger partial charge in [0.2, 0.25) is 6.33 Å². The van der Waals surface area contributed by atoms with E-state index in [0.29, 0.717) is 12.1 Å². The number of hydrogen-bond donors (Lipinski definition) is 0. The predicted octanol–water partition coefficient (Wildman–Crippen LogP) is 4.66. The lowest BCUT2D eigenvalue weighted by Gasteiger charge is -2.06. The van der Waals surface area contributed by atoms with Gasteiger partial charge < -0.3 is 9.31 Å². The van der Waals surface area contributed by atoms with E-state index >= 15 is 0 Å². The summed E-state index contributed by atoms with van der Waals surface area (Å²) in [7, 11) is -0.390.